The number of rotatable bonds is 10. The minimum absolute atomic E-state index is 0.0381. The zero-order valence-corrected chi connectivity index (χ0v) is 22.2. The highest BCUT2D eigenvalue weighted by molar-refractivity contribution is 5.88. The molecule has 4 atom stereocenters. The van der Waals surface area contributed by atoms with E-state index >= 15 is 0 Å². The van der Waals surface area contributed by atoms with E-state index < -0.39 is 66.2 Å². The summed E-state index contributed by atoms with van der Waals surface area (Å²) >= 11 is 0. The normalized spacial score (nSPS) is 22.5. The third-order valence-corrected chi connectivity index (χ3v) is 6.28. The molecule has 41 heavy (non-hydrogen) atoms. The fraction of sp³-hybridized carbons (Fsp3) is 0.345. The summed E-state index contributed by atoms with van der Waals surface area (Å²) in [6.45, 7) is 1.92. The van der Waals surface area contributed by atoms with Gasteiger partial charge < -0.3 is 44.8 Å². The zero-order chi connectivity index (χ0) is 30.2. The van der Waals surface area contributed by atoms with Crippen molar-refractivity contribution >= 4 is 30.1 Å². The third kappa shape index (κ3) is 8.47. The highest BCUT2D eigenvalue weighted by atomic mass is 16.6. The molecule has 12 nitrogen and oxygen atoms in total. The van der Waals surface area contributed by atoms with Gasteiger partial charge in [0.25, 0.3) is 0 Å². The van der Waals surface area contributed by atoms with Gasteiger partial charge in [0.1, 0.15) is 6.10 Å². The van der Waals surface area contributed by atoms with E-state index in [9.17, 15) is 45.0 Å². The molecule has 220 valence electrons. The second kappa shape index (κ2) is 13.7. The maximum Gasteiger partial charge on any atom is 0.338 e. The number of aromatic hydroxyl groups is 4. The molecule has 0 heterocycles. The molecule has 1 aliphatic rings. The number of carbonyl (C=O) groups excluding carboxylic acids is 3. The molecule has 0 unspecified atom stereocenters. The lowest BCUT2D eigenvalue weighted by atomic mass is 9.79. The van der Waals surface area contributed by atoms with Gasteiger partial charge in [-0.15, -0.1) is 0 Å². The number of benzene rings is 2. The predicted octanol–water partition coefficient (Wildman–Crippen LogP) is 2.29. The molecular formula is C29H32O12. The van der Waals surface area contributed by atoms with Crippen LogP contribution in [0.4, 0.5) is 0 Å². The first-order chi connectivity index (χ1) is 19.4. The van der Waals surface area contributed by atoms with Crippen LogP contribution in [0.15, 0.2) is 48.6 Å². The second-order valence-corrected chi connectivity index (χ2v) is 9.54. The van der Waals surface area contributed by atoms with Gasteiger partial charge in [-0.3, -0.25) is 0 Å². The summed E-state index contributed by atoms with van der Waals surface area (Å²) in [5.74, 6) is -4.48. The molecule has 0 aliphatic heterocycles. The molecule has 0 bridgehead atoms. The lowest BCUT2D eigenvalue weighted by molar-refractivity contribution is -0.207. The van der Waals surface area contributed by atoms with Crippen LogP contribution in [0.2, 0.25) is 0 Å². The van der Waals surface area contributed by atoms with Crippen LogP contribution in [0.1, 0.15) is 43.7 Å². The van der Waals surface area contributed by atoms with E-state index in [4.69, 9.17) is 14.2 Å². The van der Waals surface area contributed by atoms with Crippen molar-refractivity contribution in [3.63, 3.8) is 0 Å². The summed E-state index contributed by atoms with van der Waals surface area (Å²) < 4.78 is 15.8. The summed E-state index contributed by atoms with van der Waals surface area (Å²) in [6.07, 6.45) is 0.110. The van der Waals surface area contributed by atoms with Gasteiger partial charge in [0.15, 0.2) is 34.7 Å². The van der Waals surface area contributed by atoms with Crippen molar-refractivity contribution in [1.82, 2.24) is 0 Å². The third-order valence-electron chi connectivity index (χ3n) is 6.28. The monoisotopic (exact) mass is 572 g/mol. The minimum atomic E-state index is -2.23. The molecule has 2 aromatic carbocycles. The highest BCUT2D eigenvalue weighted by Gasteiger charge is 2.53. The van der Waals surface area contributed by atoms with E-state index in [0.29, 0.717) is 17.5 Å². The number of hydrogen-bond donors (Lipinski definition) is 6. The van der Waals surface area contributed by atoms with Crippen LogP contribution in [0.5, 0.6) is 23.0 Å². The largest absolute Gasteiger partial charge is 0.504 e. The van der Waals surface area contributed by atoms with E-state index in [1.807, 2.05) is 6.92 Å². The minimum Gasteiger partial charge on any atom is -0.504 e. The van der Waals surface area contributed by atoms with Gasteiger partial charge >= 0.3 is 17.9 Å². The first kappa shape index (κ1) is 31.0. The fourth-order valence-electron chi connectivity index (χ4n) is 4.09. The Morgan fingerprint density at radius 1 is 0.854 bits per heavy atom. The van der Waals surface area contributed by atoms with Crippen LogP contribution in [-0.2, 0) is 28.6 Å². The maximum atomic E-state index is 12.6. The molecule has 0 amide bonds. The molecule has 0 saturated heterocycles. The van der Waals surface area contributed by atoms with Gasteiger partial charge in [-0.2, -0.15) is 0 Å². The number of carbonyl (C=O) groups is 3. The molecule has 0 aromatic heterocycles. The molecule has 12 heteroatoms. The molecule has 6 N–H and O–H groups in total. The van der Waals surface area contributed by atoms with E-state index in [1.54, 1.807) is 0 Å². The number of ether oxygens (including phenoxy) is 3. The fourth-order valence-corrected chi connectivity index (χ4v) is 4.09. The standard InChI is InChI=1S/C29H32O12/c1-2-3-12-39-28(37)29(38)15-23(34)27(41-26(36)11-7-18-5-9-20(31)22(33)14-18)24(16-29)40-25(35)10-6-17-4-8-19(30)21(32)13-17/h4-11,13-14,23-24,27,30-34,38H,2-3,12,15-16H2,1H3/b10-6+,11-7+/t23-,24-,27-,29-/m1/s1. The first-order valence-corrected chi connectivity index (χ1v) is 12.8. The van der Waals surface area contributed by atoms with Gasteiger partial charge in [-0.25, -0.2) is 14.4 Å². The maximum absolute atomic E-state index is 12.6. The van der Waals surface area contributed by atoms with Crippen LogP contribution < -0.4 is 0 Å². The van der Waals surface area contributed by atoms with Crippen LogP contribution in [0.3, 0.4) is 0 Å². The molecule has 1 fully saturated rings. The molecule has 1 aliphatic carbocycles. The highest BCUT2D eigenvalue weighted by Crippen LogP contribution is 2.34. The topological polar surface area (TPSA) is 200 Å². The number of aliphatic hydroxyl groups is 2. The average molecular weight is 573 g/mol. The summed E-state index contributed by atoms with van der Waals surface area (Å²) in [5.41, 5.74) is -1.54. The zero-order valence-electron chi connectivity index (χ0n) is 22.2. The lowest BCUT2D eigenvalue weighted by Gasteiger charge is -2.41. The smallest absolute Gasteiger partial charge is 0.338 e. The summed E-state index contributed by atoms with van der Waals surface area (Å²) in [4.78, 5) is 37.8. The Balaban J connectivity index is 1.78. The van der Waals surface area contributed by atoms with Gasteiger partial charge in [0.05, 0.1) is 12.7 Å². The van der Waals surface area contributed by atoms with Crippen molar-refractivity contribution in [2.45, 2.75) is 56.5 Å². The molecular weight excluding hydrogens is 540 g/mol. The van der Waals surface area contributed by atoms with E-state index in [-0.39, 0.29) is 18.1 Å². The molecule has 0 radical (unpaired) electrons. The predicted molar refractivity (Wildman–Crippen MR) is 143 cm³/mol. The Morgan fingerprint density at radius 2 is 1.39 bits per heavy atom. The van der Waals surface area contributed by atoms with Crippen molar-refractivity contribution in [2.24, 2.45) is 0 Å². The van der Waals surface area contributed by atoms with Crippen LogP contribution in [0, 0.1) is 0 Å². The molecule has 3 rings (SSSR count). The van der Waals surface area contributed by atoms with Crippen molar-refractivity contribution < 1.29 is 59.2 Å². The average Bonchev–Trinajstić information content (AvgIpc) is 2.92. The van der Waals surface area contributed by atoms with Gasteiger partial charge in [0, 0.05) is 25.0 Å². The summed E-state index contributed by atoms with van der Waals surface area (Å²) in [7, 11) is 0. The van der Waals surface area contributed by atoms with Crippen molar-refractivity contribution in [1.29, 1.82) is 0 Å². The van der Waals surface area contributed by atoms with Crippen LogP contribution >= 0.6 is 0 Å². The Bertz CT molecular complexity index is 1320. The SMILES string of the molecule is CCCCOC(=O)[C@@]1(O)C[C@@H](O)[C@@H](OC(=O)/C=C/c2ccc(O)c(O)c2)[C@H](OC(=O)/C=C/c2ccc(O)c(O)c2)C1. The Kier molecular flexibility index (Phi) is 10.3. The number of esters is 3. The summed E-state index contributed by atoms with van der Waals surface area (Å²) in [5, 5.41) is 59.9. The molecule has 1 saturated carbocycles. The van der Waals surface area contributed by atoms with Gasteiger partial charge in [0.2, 0.25) is 0 Å². The first-order valence-electron chi connectivity index (χ1n) is 12.8. The Hall–Kier alpha value is -4.55. The van der Waals surface area contributed by atoms with Crippen molar-refractivity contribution in [3.05, 3.63) is 59.7 Å². The van der Waals surface area contributed by atoms with E-state index in [0.717, 1.165) is 18.6 Å². The van der Waals surface area contributed by atoms with E-state index in [1.165, 1.54) is 48.6 Å². The van der Waals surface area contributed by atoms with Gasteiger partial charge in [-0.05, 0) is 54.0 Å². The van der Waals surface area contributed by atoms with E-state index in [2.05, 4.69) is 0 Å². The Labute approximate surface area is 235 Å². The van der Waals surface area contributed by atoms with Crippen LogP contribution in [-0.4, -0.2) is 79.1 Å². The lowest BCUT2D eigenvalue weighted by Crippen LogP contribution is -2.58. The Morgan fingerprint density at radius 3 is 1.90 bits per heavy atom. The second-order valence-electron chi connectivity index (χ2n) is 9.54. The number of phenols is 4. The van der Waals surface area contributed by atoms with Gasteiger partial charge in [-0.1, -0.05) is 25.5 Å². The van der Waals surface area contributed by atoms with Crippen LogP contribution in [0.25, 0.3) is 12.2 Å². The summed E-state index contributed by atoms with van der Waals surface area (Å²) in [6, 6.07) is 7.66. The van der Waals surface area contributed by atoms with Crippen molar-refractivity contribution in [3.8, 4) is 23.0 Å². The number of unbranched alkanes of at least 4 members (excludes halogenated alkanes) is 1. The quantitative estimate of drug-likeness (QED) is 0.0799. The molecule has 0 spiro atoms. The number of phenolic OH excluding ortho intramolecular Hbond substituents is 4. The number of hydrogen-bond acceptors (Lipinski definition) is 12. The molecule has 2 aromatic rings. The van der Waals surface area contributed by atoms with Crippen molar-refractivity contribution in [2.75, 3.05) is 6.61 Å². The number of aliphatic hydroxyl groups excluding tert-OH is 1.